The van der Waals surface area contributed by atoms with Crippen LogP contribution in [0.3, 0.4) is 0 Å². The van der Waals surface area contributed by atoms with E-state index in [-0.39, 0.29) is 5.82 Å². The van der Waals surface area contributed by atoms with Crippen molar-refractivity contribution in [2.45, 2.75) is 19.3 Å². The molecule has 2 rings (SSSR count). The van der Waals surface area contributed by atoms with Gasteiger partial charge in [0.2, 0.25) is 0 Å². The zero-order chi connectivity index (χ0) is 14.2. The van der Waals surface area contributed by atoms with Gasteiger partial charge in [-0.3, -0.25) is 0 Å². The minimum atomic E-state index is -0.266. The second kappa shape index (κ2) is 7.19. The molecule has 2 aromatic rings. The van der Waals surface area contributed by atoms with Crippen LogP contribution in [0.5, 0.6) is 0 Å². The summed E-state index contributed by atoms with van der Waals surface area (Å²) in [5.41, 5.74) is 1.54. The van der Waals surface area contributed by atoms with Crippen molar-refractivity contribution in [2.75, 3.05) is 11.9 Å². The summed E-state index contributed by atoms with van der Waals surface area (Å²) in [5.74, 6) is 0.435. The summed E-state index contributed by atoms with van der Waals surface area (Å²) in [4.78, 5) is 0. The van der Waals surface area contributed by atoms with Gasteiger partial charge in [0.05, 0.1) is 11.8 Å². The molecule has 0 saturated heterocycles. The molecule has 0 spiro atoms. The Morgan fingerprint density at radius 1 is 1.05 bits per heavy atom. The molecule has 0 radical (unpaired) electrons. The van der Waals surface area contributed by atoms with Gasteiger partial charge in [-0.15, -0.1) is 10.2 Å². The van der Waals surface area contributed by atoms with Crippen LogP contribution in [0, 0.1) is 17.1 Å². The Balaban J connectivity index is 1.90. The van der Waals surface area contributed by atoms with Gasteiger partial charge in [0.1, 0.15) is 11.6 Å². The van der Waals surface area contributed by atoms with Gasteiger partial charge in [-0.1, -0.05) is 0 Å². The summed E-state index contributed by atoms with van der Waals surface area (Å²) in [7, 11) is 0. The third-order valence-electron chi connectivity index (χ3n) is 2.83. The topological polar surface area (TPSA) is 61.6 Å². The Morgan fingerprint density at radius 3 is 2.50 bits per heavy atom. The molecule has 5 heteroatoms. The molecule has 1 aromatic carbocycles. The van der Waals surface area contributed by atoms with Crippen molar-refractivity contribution in [3.63, 3.8) is 0 Å². The van der Waals surface area contributed by atoms with Gasteiger partial charge in [-0.2, -0.15) is 5.26 Å². The lowest BCUT2D eigenvalue weighted by Gasteiger charge is -2.05. The highest BCUT2D eigenvalue weighted by atomic mass is 19.1. The van der Waals surface area contributed by atoms with E-state index < -0.39 is 0 Å². The second-order valence-corrected chi connectivity index (χ2v) is 4.35. The fraction of sp³-hybridized carbons (Fsp3) is 0.267. The summed E-state index contributed by atoms with van der Waals surface area (Å²) in [6.07, 6.45) is 2.39. The van der Waals surface area contributed by atoms with E-state index in [1.165, 1.54) is 12.1 Å². The zero-order valence-electron chi connectivity index (χ0n) is 11.0. The van der Waals surface area contributed by atoms with Gasteiger partial charge in [0.25, 0.3) is 0 Å². The summed E-state index contributed by atoms with van der Waals surface area (Å²) >= 11 is 0. The molecule has 4 nitrogen and oxygen atoms in total. The molecule has 102 valence electrons. The fourth-order valence-electron chi connectivity index (χ4n) is 1.75. The van der Waals surface area contributed by atoms with Gasteiger partial charge in [0, 0.05) is 18.5 Å². The Bertz CT molecular complexity index is 572. The number of aromatic nitrogens is 2. The first-order valence-electron chi connectivity index (χ1n) is 6.50. The van der Waals surface area contributed by atoms with E-state index in [4.69, 9.17) is 5.26 Å². The molecule has 0 aliphatic heterocycles. The van der Waals surface area contributed by atoms with Crippen LogP contribution in [-0.4, -0.2) is 16.7 Å². The molecule has 0 unspecified atom stereocenters. The maximum Gasteiger partial charge on any atom is 0.148 e. The number of hydrogen-bond donors (Lipinski definition) is 1. The molecule has 1 heterocycles. The Morgan fingerprint density at radius 2 is 1.85 bits per heavy atom. The maximum absolute atomic E-state index is 12.8. The molecular weight excluding hydrogens is 255 g/mol. The lowest BCUT2D eigenvalue weighted by atomic mass is 10.1. The van der Waals surface area contributed by atoms with Crippen molar-refractivity contribution in [3.05, 3.63) is 42.2 Å². The van der Waals surface area contributed by atoms with Crippen molar-refractivity contribution in [1.82, 2.24) is 10.2 Å². The van der Waals surface area contributed by atoms with Gasteiger partial charge in [-0.05, 0) is 49.2 Å². The van der Waals surface area contributed by atoms with E-state index in [9.17, 15) is 4.39 Å². The van der Waals surface area contributed by atoms with E-state index in [1.54, 1.807) is 12.1 Å². The predicted octanol–water partition coefficient (Wildman–Crippen LogP) is 3.39. The fourth-order valence-corrected chi connectivity index (χ4v) is 1.75. The van der Waals surface area contributed by atoms with E-state index in [2.05, 4.69) is 21.6 Å². The third-order valence-corrected chi connectivity index (χ3v) is 2.83. The number of halogens is 1. The molecule has 0 aliphatic carbocycles. The van der Waals surface area contributed by atoms with Crippen molar-refractivity contribution >= 4 is 5.82 Å². The average Bonchev–Trinajstić information content (AvgIpc) is 2.49. The number of nitrogens with one attached hydrogen (secondary N) is 1. The van der Waals surface area contributed by atoms with Crippen molar-refractivity contribution < 1.29 is 4.39 Å². The lowest BCUT2D eigenvalue weighted by Crippen LogP contribution is -2.04. The number of unbranched alkanes of at least 4 members (excludes halogenated alkanes) is 2. The second-order valence-electron chi connectivity index (χ2n) is 4.35. The van der Waals surface area contributed by atoms with E-state index in [0.29, 0.717) is 17.9 Å². The first-order valence-corrected chi connectivity index (χ1v) is 6.50. The highest BCUT2D eigenvalue weighted by Gasteiger charge is 2.01. The van der Waals surface area contributed by atoms with Crippen LogP contribution in [0.15, 0.2) is 36.4 Å². The van der Waals surface area contributed by atoms with E-state index in [1.807, 2.05) is 12.1 Å². The first kappa shape index (κ1) is 13.9. The quantitative estimate of drug-likeness (QED) is 0.817. The average molecular weight is 270 g/mol. The summed E-state index contributed by atoms with van der Waals surface area (Å²) in [6, 6.07) is 12.0. The smallest absolute Gasteiger partial charge is 0.148 e. The highest BCUT2D eigenvalue weighted by Crippen LogP contribution is 2.17. The molecule has 0 bridgehead atoms. The van der Waals surface area contributed by atoms with Crippen LogP contribution in [0.25, 0.3) is 11.3 Å². The number of nitriles is 1. The summed E-state index contributed by atoms with van der Waals surface area (Å²) in [5, 5.41) is 19.8. The number of nitrogens with zero attached hydrogens (tertiary/aromatic N) is 3. The van der Waals surface area contributed by atoms with Gasteiger partial charge in [0.15, 0.2) is 0 Å². The molecule has 1 aromatic heterocycles. The summed E-state index contributed by atoms with van der Waals surface area (Å²) < 4.78 is 12.8. The van der Waals surface area contributed by atoms with E-state index in [0.717, 1.165) is 24.9 Å². The molecule has 0 atom stereocenters. The van der Waals surface area contributed by atoms with Crippen molar-refractivity contribution in [1.29, 1.82) is 5.26 Å². The van der Waals surface area contributed by atoms with Crippen LogP contribution < -0.4 is 5.32 Å². The Hall–Kier alpha value is -2.48. The van der Waals surface area contributed by atoms with Crippen molar-refractivity contribution in [3.8, 4) is 17.3 Å². The number of hydrogen-bond acceptors (Lipinski definition) is 4. The molecular formula is C15H15FN4. The third kappa shape index (κ3) is 4.02. The highest BCUT2D eigenvalue weighted by molar-refractivity contribution is 5.59. The minimum Gasteiger partial charge on any atom is -0.369 e. The standard InChI is InChI=1S/C15H15FN4/c16-13-6-4-12(5-7-13)14-8-9-15(20-19-14)18-11-3-1-2-10-17/h4-9H,1-3,11H2,(H,18,20). The number of benzene rings is 1. The van der Waals surface area contributed by atoms with Crippen LogP contribution in [0.4, 0.5) is 10.2 Å². The molecule has 20 heavy (non-hydrogen) atoms. The van der Waals surface area contributed by atoms with E-state index >= 15 is 0 Å². The van der Waals surface area contributed by atoms with Crippen LogP contribution in [0.2, 0.25) is 0 Å². The van der Waals surface area contributed by atoms with Crippen LogP contribution in [-0.2, 0) is 0 Å². The molecule has 1 N–H and O–H groups in total. The van der Waals surface area contributed by atoms with Crippen molar-refractivity contribution in [2.24, 2.45) is 0 Å². The predicted molar refractivity (Wildman–Crippen MR) is 75.4 cm³/mol. The first-order chi connectivity index (χ1) is 9.79. The Kier molecular flexibility index (Phi) is 5.01. The largest absolute Gasteiger partial charge is 0.369 e. The monoisotopic (exact) mass is 270 g/mol. The lowest BCUT2D eigenvalue weighted by molar-refractivity contribution is 0.628. The van der Waals surface area contributed by atoms with Gasteiger partial charge < -0.3 is 5.32 Å². The molecule has 0 amide bonds. The zero-order valence-corrected chi connectivity index (χ0v) is 11.0. The van der Waals surface area contributed by atoms with Crippen LogP contribution >= 0.6 is 0 Å². The molecule has 0 saturated carbocycles. The maximum atomic E-state index is 12.8. The number of rotatable bonds is 6. The summed E-state index contributed by atoms with van der Waals surface area (Å²) in [6.45, 7) is 0.770. The molecule has 0 fully saturated rings. The number of anilines is 1. The van der Waals surface area contributed by atoms with Crippen LogP contribution in [0.1, 0.15) is 19.3 Å². The minimum absolute atomic E-state index is 0.266. The van der Waals surface area contributed by atoms with Gasteiger partial charge in [-0.25, -0.2) is 4.39 Å². The Labute approximate surface area is 117 Å². The van der Waals surface area contributed by atoms with Gasteiger partial charge >= 0.3 is 0 Å². The molecule has 0 aliphatic rings. The SMILES string of the molecule is N#CCCCCNc1ccc(-c2ccc(F)cc2)nn1. The normalized spacial score (nSPS) is 10.0.